The number of piperazine rings is 1. The van der Waals surface area contributed by atoms with E-state index in [1.54, 1.807) is 19.2 Å². The summed E-state index contributed by atoms with van der Waals surface area (Å²) in [6, 6.07) is 17.1. The van der Waals surface area contributed by atoms with Gasteiger partial charge in [0.25, 0.3) is 0 Å². The Morgan fingerprint density at radius 1 is 0.885 bits per heavy atom. The molecule has 26 heavy (non-hydrogen) atoms. The Bertz CT molecular complexity index is 753. The number of anilines is 1. The average Bonchev–Trinajstić information content (AvgIpc) is 2.72. The molecule has 136 valence electrons. The van der Waals surface area contributed by atoms with Gasteiger partial charge in [-0.15, -0.1) is 0 Å². The molecule has 1 heterocycles. The molecule has 0 spiro atoms. The molecule has 0 atom stereocenters. The van der Waals surface area contributed by atoms with Gasteiger partial charge in [0, 0.05) is 44.6 Å². The minimum absolute atomic E-state index is 0.0200. The van der Waals surface area contributed by atoms with Crippen LogP contribution >= 0.6 is 0 Å². The molecule has 1 fully saturated rings. The van der Waals surface area contributed by atoms with Crippen LogP contribution in [0.4, 0.5) is 5.69 Å². The lowest BCUT2D eigenvalue weighted by Crippen LogP contribution is -2.48. The zero-order chi connectivity index (χ0) is 18.4. The molecule has 5 heteroatoms. The van der Waals surface area contributed by atoms with Crippen LogP contribution < -0.4 is 9.64 Å². The van der Waals surface area contributed by atoms with E-state index in [-0.39, 0.29) is 24.5 Å². The molecule has 1 aliphatic rings. The van der Waals surface area contributed by atoms with Gasteiger partial charge in [-0.3, -0.25) is 9.59 Å². The largest absolute Gasteiger partial charge is 0.495 e. The fourth-order valence-corrected chi connectivity index (χ4v) is 3.23. The second-order valence-electron chi connectivity index (χ2n) is 6.33. The Hall–Kier alpha value is -2.82. The smallest absolute Gasteiger partial charge is 0.223 e. The van der Waals surface area contributed by atoms with Gasteiger partial charge in [-0.2, -0.15) is 0 Å². The quantitative estimate of drug-likeness (QED) is 0.750. The summed E-state index contributed by atoms with van der Waals surface area (Å²) in [6.45, 7) is 2.85. The Morgan fingerprint density at radius 2 is 1.54 bits per heavy atom. The summed E-state index contributed by atoms with van der Waals surface area (Å²) >= 11 is 0. The molecule has 0 bridgehead atoms. The Morgan fingerprint density at radius 3 is 2.23 bits per heavy atom. The van der Waals surface area contributed by atoms with Crippen LogP contribution in [0.1, 0.15) is 23.2 Å². The number of nitrogens with zero attached hydrogens (tertiary/aromatic N) is 2. The third-order valence-corrected chi connectivity index (χ3v) is 4.72. The lowest BCUT2D eigenvalue weighted by atomic mass is 10.1. The SMILES string of the molecule is COc1ccccc1N1CCN(C(=O)CCC(=O)c2ccccc2)CC1. The molecular formula is C21H24N2O3. The summed E-state index contributed by atoms with van der Waals surface area (Å²) in [6.07, 6.45) is 0.526. The normalized spacial score (nSPS) is 14.2. The number of rotatable bonds is 6. The zero-order valence-electron chi connectivity index (χ0n) is 15.1. The Kier molecular flexibility index (Phi) is 5.89. The van der Waals surface area contributed by atoms with Gasteiger partial charge in [0.2, 0.25) is 5.91 Å². The van der Waals surface area contributed by atoms with Gasteiger partial charge in [0.05, 0.1) is 12.8 Å². The monoisotopic (exact) mass is 352 g/mol. The molecule has 5 nitrogen and oxygen atoms in total. The third-order valence-electron chi connectivity index (χ3n) is 4.72. The van der Waals surface area contributed by atoms with E-state index in [4.69, 9.17) is 4.74 Å². The van der Waals surface area contributed by atoms with Gasteiger partial charge in [-0.1, -0.05) is 42.5 Å². The van der Waals surface area contributed by atoms with Crippen LogP contribution in [0.15, 0.2) is 54.6 Å². The van der Waals surface area contributed by atoms with Crippen molar-refractivity contribution in [2.75, 3.05) is 38.2 Å². The summed E-state index contributed by atoms with van der Waals surface area (Å²) in [5, 5.41) is 0. The average molecular weight is 352 g/mol. The first-order valence-electron chi connectivity index (χ1n) is 8.93. The summed E-state index contributed by atoms with van der Waals surface area (Å²) in [4.78, 5) is 28.7. The Labute approximate surface area is 154 Å². The van der Waals surface area contributed by atoms with Crippen molar-refractivity contribution in [2.45, 2.75) is 12.8 Å². The van der Waals surface area contributed by atoms with E-state index in [0.29, 0.717) is 18.7 Å². The van der Waals surface area contributed by atoms with Gasteiger partial charge in [-0.25, -0.2) is 0 Å². The van der Waals surface area contributed by atoms with Crippen molar-refractivity contribution < 1.29 is 14.3 Å². The minimum atomic E-state index is 0.0200. The predicted octanol–water partition coefficient (Wildman–Crippen LogP) is 3.01. The van der Waals surface area contributed by atoms with Crippen molar-refractivity contribution in [1.29, 1.82) is 0 Å². The van der Waals surface area contributed by atoms with E-state index >= 15 is 0 Å². The molecule has 1 aliphatic heterocycles. The number of Topliss-reactive ketones (excluding diaryl/α,β-unsaturated/α-hetero) is 1. The van der Waals surface area contributed by atoms with E-state index in [1.165, 1.54) is 0 Å². The first kappa shape index (κ1) is 18.0. The van der Waals surface area contributed by atoms with Crippen molar-refractivity contribution in [2.24, 2.45) is 0 Å². The number of methoxy groups -OCH3 is 1. The summed E-state index contributed by atoms with van der Waals surface area (Å²) < 4.78 is 5.42. The van der Waals surface area contributed by atoms with Crippen LogP contribution in [0.2, 0.25) is 0 Å². The van der Waals surface area contributed by atoms with E-state index in [9.17, 15) is 9.59 Å². The van der Waals surface area contributed by atoms with Crippen molar-refractivity contribution in [3.63, 3.8) is 0 Å². The maximum absolute atomic E-state index is 12.4. The number of hydrogen-bond acceptors (Lipinski definition) is 4. The van der Waals surface area contributed by atoms with Crippen molar-refractivity contribution in [1.82, 2.24) is 4.90 Å². The van der Waals surface area contributed by atoms with Gasteiger partial charge in [-0.05, 0) is 12.1 Å². The summed E-state index contributed by atoms with van der Waals surface area (Å²) in [5.74, 6) is 0.918. The van der Waals surface area contributed by atoms with Crippen molar-refractivity contribution in [3.8, 4) is 5.75 Å². The molecule has 0 saturated carbocycles. The van der Waals surface area contributed by atoms with Gasteiger partial charge in [0.1, 0.15) is 5.75 Å². The van der Waals surface area contributed by atoms with Crippen molar-refractivity contribution >= 4 is 17.4 Å². The third kappa shape index (κ3) is 4.23. The number of ether oxygens (including phenoxy) is 1. The zero-order valence-corrected chi connectivity index (χ0v) is 15.1. The highest BCUT2D eigenvalue weighted by Crippen LogP contribution is 2.28. The maximum atomic E-state index is 12.4. The fraction of sp³-hybridized carbons (Fsp3) is 0.333. The van der Waals surface area contributed by atoms with Crippen LogP contribution in [0, 0.1) is 0 Å². The number of ketones is 1. The minimum Gasteiger partial charge on any atom is -0.495 e. The highest BCUT2D eigenvalue weighted by atomic mass is 16.5. The van der Waals surface area contributed by atoms with Crippen LogP contribution in [0.5, 0.6) is 5.75 Å². The molecule has 0 aliphatic carbocycles. The molecule has 2 aromatic rings. The molecule has 0 N–H and O–H groups in total. The van der Waals surface area contributed by atoms with Crippen LogP contribution in [0.3, 0.4) is 0 Å². The fourth-order valence-electron chi connectivity index (χ4n) is 3.23. The molecule has 3 rings (SSSR count). The number of hydrogen-bond donors (Lipinski definition) is 0. The molecule has 1 saturated heterocycles. The first-order chi connectivity index (χ1) is 12.7. The van der Waals surface area contributed by atoms with E-state index in [1.807, 2.05) is 47.4 Å². The lowest BCUT2D eigenvalue weighted by molar-refractivity contribution is -0.131. The van der Waals surface area contributed by atoms with Gasteiger partial charge >= 0.3 is 0 Å². The maximum Gasteiger partial charge on any atom is 0.223 e. The van der Waals surface area contributed by atoms with E-state index in [0.717, 1.165) is 24.5 Å². The lowest BCUT2D eigenvalue weighted by Gasteiger charge is -2.36. The first-order valence-corrected chi connectivity index (χ1v) is 8.93. The number of benzene rings is 2. The van der Waals surface area contributed by atoms with Gasteiger partial charge in [0.15, 0.2) is 5.78 Å². The van der Waals surface area contributed by atoms with Crippen molar-refractivity contribution in [3.05, 3.63) is 60.2 Å². The van der Waals surface area contributed by atoms with Gasteiger partial charge < -0.3 is 14.5 Å². The molecule has 0 radical (unpaired) electrons. The molecular weight excluding hydrogens is 328 g/mol. The summed E-state index contributed by atoms with van der Waals surface area (Å²) in [7, 11) is 1.67. The number of carbonyl (C=O) groups is 2. The standard InChI is InChI=1S/C21H24N2O3/c1-26-20-10-6-5-9-18(20)22-13-15-23(16-14-22)21(25)12-11-19(24)17-7-3-2-4-8-17/h2-10H,11-16H2,1H3. The highest BCUT2D eigenvalue weighted by Gasteiger charge is 2.23. The van der Waals surface area contributed by atoms with E-state index < -0.39 is 0 Å². The van der Waals surface area contributed by atoms with Crippen LogP contribution in [-0.4, -0.2) is 49.9 Å². The molecule has 0 aromatic heterocycles. The topological polar surface area (TPSA) is 49.9 Å². The second-order valence-corrected chi connectivity index (χ2v) is 6.33. The Balaban J connectivity index is 1.50. The number of carbonyl (C=O) groups excluding carboxylic acids is 2. The highest BCUT2D eigenvalue weighted by molar-refractivity contribution is 5.97. The predicted molar refractivity (Wildman–Crippen MR) is 102 cm³/mol. The molecule has 1 amide bonds. The van der Waals surface area contributed by atoms with Crippen LogP contribution in [0.25, 0.3) is 0 Å². The molecule has 2 aromatic carbocycles. The van der Waals surface area contributed by atoms with E-state index in [2.05, 4.69) is 4.90 Å². The van der Waals surface area contributed by atoms with Crippen LogP contribution in [-0.2, 0) is 4.79 Å². The second kappa shape index (κ2) is 8.52. The summed E-state index contributed by atoms with van der Waals surface area (Å²) in [5.41, 5.74) is 1.72. The number of para-hydroxylation sites is 2. The molecule has 0 unspecified atom stereocenters. The number of amides is 1.